The van der Waals surface area contributed by atoms with Gasteiger partial charge in [-0.2, -0.15) is 0 Å². The lowest BCUT2D eigenvalue weighted by atomic mass is 9.92. The third kappa shape index (κ3) is 4.18. The third-order valence-corrected chi connectivity index (χ3v) is 4.81. The lowest BCUT2D eigenvalue weighted by molar-refractivity contribution is -0.134. The van der Waals surface area contributed by atoms with E-state index < -0.39 is 0 Å². The highest BCUT2D eigenvalue weighted by atomic mass is 16.3. The minimum absolute atomic E-state index is 0.207. The number of aliphatic hydroxyl groups excluding tert-OH is 1. The van der Waals surface area contributed by atoms with Crippen molar-refractivity contribution in [3.8, 4) is 0 Å². The molecule has 0 radical (unpaired) electrons. The Kier molecular flexibility index (Phi) is 5.22. The van der Waals surface area contributed by atoms with Crippen molar-refractivity contribution in [2.24, 2.45) is 11.8 Å². The molecule has 2 heterocycles. The number of aliphatic hydroxyl groups is 1. The van der Waals surface area contributed by atoms with E-state index in [9.17, 15) is 9.90 Å². The van der Waals surface area contributed by atoms with Gasteiger partial charge in [0.05, 0.1) is 12.6 Å². The smallest absolute Gasteiger partial charge is 0.236 e. The van der Waals surface area contributed by atoms with Crippen molar-refractivity contribution in [3.63, 3.8) is 0 Å². The SMILES string of the molecule is CC1CCN(C(=O)CN2CCC(C(C)O)CC2)CC1. The molecule has 2 aliphatic rings. The topological polar surface area (TPSA) is 43.8 Å². The van der Waals surface area contributed by atoms with Gasteiger partial charge in [-0.1, -0.05) is 6.92 Å². The minimum Gasteiger partial charge on any atom is -0.393 e. The molecule has 1 amide bonds. The Morgan fingerprint density at radius 3 is 2.26 bits per heavy atom. The van der Waals surface area contributed by atoms with Gasteiger partial charge in [-0.3, -0.25) is 9.69 Å². The second-order valence-corrected chi connectivity index (χ2v) is 6.42. The first-order valence-electron chi connectivity index (χ1n) is 7.74. The van der Waals surface area contributed by atoms with Crippen LogP contribution in [0.3, 0.4) is 0 Å². The molecule has 0 spiro atoms. The van der Waals surface area contributed by atoms with Crippen LogP contribution < -0.4 is 0 Å². The molecule has 2 aliphatic heterocycles. The van der Waals surface area contributed by atoms with Crippen LogP contribution in [-0.4, -0.2) is 59.6 Å². The van der Waals surface area contributed by atoms with Crippen LogP contribution in [0.1, 0.15) is 39.5 Å². The van der Waals surface area contributed by atoms with Gasteiger partial charge in [0.1, 0.15) is 0 Å². The van der Waals surface area contributed by atoms with Crippen molar-refractivity contribution in [2.75, 3.05) is 32.7 Å². The molecule has 2 rings (SSSR count). The quantitative estimate of drug-likeness (QED) is 0.840. The van der Waals surface area contributed by atoms with E-state index in [2.05, 4.69) is 11.8 Å². The lowest BCUT2D eigenvalue weighted by Crippen LogP contribution is -2.46. The number of carbonyl (C=O) groups is 1. The molecule has 4 nitrogen and oxygen atoms in total. The normalized spacial score (nSPS) is 25.5. The first-order valence-corrected chi connectivity index (χ1v) is 7.74. The second-order valence-electron chi connectivity index (χ2n) is 6.42. The number of likely N-dealkylation sites (tertiary alicyclic amines) is 2. The number of carbonyl (C=O) groups excluding carboxylic acids is 1. The fourth-order valence-electron chi connectivity index (χ4n) is 3.14. The van der Waals surface area contributed by atoms with Gasteiger partial charge in [-0.25, -0.2) is 0 Å². The summed E-state index contributed by atoms with van der Waals surface area (Å²) in [6, 6.07) is 0. The van der Waals surface area contributed by atoms with Crippen LogP contribution in [0, 0.1) is 11.8 Å². The van der Waals surface area contributed by atoms with Crippen LogP contribution >= 0.6 is 0 Å². The second kappa shape index (κ2) is 6.71. The van der Waals surface area contributed by atoms with E-state index in [0.717, 1.165) is 57.8 Å². The van der Waals surface area contributed by atoms with Crippen molar-refractivity contribution >= 4 is 5.91 Å². The third-order valence-electron chi connectivity index (χ3n) is 4.81. The molecular weight excluding hydrogens is 240 g/mol. The van der Waals surface area contributed by atoms with Crippen molar-refractivity contribution in [2.45, 2.75) is 45.6 Å². The maximum atomic E-state index is 12.2. The first kappa shape index (κ1) is 14.8. The van der Waals surface area contributed by atoms with Crippen LogP contribution in [0.2, 0.25) is 0 Å². The Morgan fingerprint density at radius 1 is 1.16 bits per heavy atom. The summed E-state index contributed by atoms with van der Waals surface area (Å²) < 4.78 is 0. The van der Waals surface area contributed by atoms with Gasteiger partial charge in [-0.15, -0.1) is 0 Å². The van der Waals surface area contributed by atoms with Crippen LogP contribution in [0.15, 0.2) is 0 Å². The number of piperidine rings is 2. The van der Waals surface area contributed by atoms with Gasteiger partial charge in [0, 0.05) is 13.1 Å². The van der Waals surface area contributed by atoms with Crippen LogP contribution in [-0.2, 0) is 4.79 Å². The van der Waals surface area contributed by atoms with E-state index in [1.807, 2.05) is 11.8 Å². The number of amides is 1. The summed E-state index contributed by atoms with van der Waals surface area (Å²) in [5, 5.41) is 9.58. The molecule has 1 unspecified atom stereocenters. The maximum absolute atomic E-state index is 12.2. The van der Waals surface area contributed by atoms with E-state index in [4.69, 9.17) is 0 Å². The zero-order chi connectivity index (χ0) is 13.8. The van der Waals surface area contributed by atoms with E-state index in [1.54, 1.807) is 0 Å². The van der Waals surface area contributed by atoms with Gasteiger partial charge in [0.25, 0.3) is 0 Å². The van der Waals surface area contributed by atoms with Crippen molar-refractivity contribution in [3.05, 3.63) is 0 Å². The highest BCUT2D eigenvalue weighted by Gasteiger charge is 2.26. The summed E-state index contributed by atoms with van der Waals surface area (Å²) in [4.78, 5) is 16.5. The van der Waals surface area contributed by atoms with Gasteiger partial charge in [0.15, 0.2) is 0 Å². The summed E-state index contributed by atoms with van der Waals surface area (Å²) in [6.07, 6.45) is 4.12. The molecule has 0 aliphatic carbocycles. The predicted molar refractivity (Wildman–Crippen MR) is 75.8 cm³/mol. The van der Waals surface area contributed by atoms with Gasteiger partial charge >= 0.3 is 0 Å². The highest BCUT2D eigenvalue weighted by Crippen LogP contribution is 2.21. The average Bonchev–Trinajstić information content (AvgIpc) is 2.40. The fourth-order valence-corrected chi connectivity index (χ4v) is 3.14. The molecule has 2 saturated heterocycles. The largest absolute Gasteiger partial charge is 0.393 e. The number of nitrogens with zero attached hydrogens (tertiary/aromatic N) is 2. The van der Waals surface area contributed by atoms with Gasteiger partial charge in [0.2, 0.25) is 5.91 Å². The van der Waals surface area contributed by atoms with Gasteiger partial charge in [-0.05, 0) is 57.5 Å². The summed E-state index contributed by atoms with van der Waals surface area (Å²) in [7, 11) is 0. The molecule has 110 valence electrons. The van der Waals surface area contributed by atoms with E-state index >= 15 is 0 Å². The van der Waals surface area contributed by atoms with Crippen LogP contribution in [0.25, 0.3) is 0 Å². The summed E-state index contributed by atoms with van der Waals surface area (Å²) in [5.41, 5.74) is 0. The zero-order valence-electron chi connectivity index (χ0n) is 12.3. The molecule has 0 aromatic rings. The predicted octanol–water partition coefficient (Wildman–Crippen LogP) is 1.34. The fraction of sp³-hybridized carbons (Fsp3) is 0.933. The first-order chi connectivity index (χ1) is 9.06. The zero-order valence-corrected chi connectivity index (χ0v) is 12.3. The van der Waals surface area contributed by atoms with Crippen molar-refractivity contribution < 1.29 is 9.90 Å². The molecule has 0 saturated carbocycles. The molecule has 0 aromatic heterocycles. The Bertz CT molecular complexity index is 291. The number of hydrogen-bond donors (Lipinski definition) is 1. The van der Waals surface area contributed by atoms with E-state index in [0.29, 0.717) is 18.4 Å². The molecule has 1 N–H and O–H groups in total. The van der Waals surface area contributed by atoms with Gasteiger partial charge < -0.3 is 10.0 Å². The average molecular weight is 268 g/mol. The molecular formula is C15H28N2O2. The number of rotatable bonds is 3. The van der Waals surface area contributed by atoms with E-state index in [-0.39, 0.29) is 6.10 Å². The summed E-state index contributed by atoms with van der Waals surface area (Å²) in [5.74, 6) is 1.48. The Labute approximate surface area is 116 Å². The standard InChI is InChI=1S/C15H28N2O2/c1-12-3-9-17(10-4-12)15(19)11-16-7-5-14(6-8-16)13(2)18/h12-14,18H,3-11H2,1-2H3. The monoisotopic (exact) mass is 268 g/mol. The molecule has 19 heavy (non-hydrogen) atoms. The molecule has 1 atom stereocenters. The highest BCUT2D eigenvalue weighted by molar-refractivity contribution is 5.78. The Morgan fingerprint density at radius 2 is 1.74 bits per heavy atom. The minimum atomic E-state index is -0.207. The Hall–Kier alpha value is -0.610. The molecule has 0 aromatic carbocycles. The summed E-state index contributed by atoms with van der Waals surface area (Å²) in [6.45, 7) is 8.48. The Balaban J connectivity index is 1.72. The molecule has 0 bridgehead atoms. The van der Waals surface area contributed by atoms with Crippen LogP contribution in [0.5, 0.6) is 0 Å². The molecule has 4 heteroatoms. The van der Waals surface area contributed by atoms with E-state index in [1.165, 1.54) is 0 Å². The lowest BCUT2D eigenvalue weighted by Gasteiger charge is -2.35. The summed E-state index contributed by atoms with van der Waals surface area (Å²) >= 11 is 0. The molecule has 2 fully saturated rings. The van der Waals surface area contributed by atoms with Crippen molar-refractivity contribution in [1.29, 1.82) is 0 Å². The number of hydrogen-bond acceptors (Lipinski definition) is 3. The van der Waals surface area contributed by atoms with Crippen molar-refractivity contribution in [1.82, 2.24) is 9.80 Å². The van der Waals surface area contributed by atoms with Crippen LogP contribution in [0.4, 0.5) is 0 Å². The maximum Gasteiger partial charge on any atom is 0.236 e.